The molecule has 2 aromatic heterocycles. The predicted molar refractivity (Wildman–Crippen MR) is 307 cm³/mol. The summed E-state index contributed by atoms with van der Waals surface area (Å²) >= 11 is 0. The van der Waals surface area contributed by atoms with Crippen molar-refractivity contribution < 1.29 is 8.83 Å². The largest absolute Gasteiger partial charge is 0.455 e. The Bertz CT molecular complexity index is 4230. The normalized spacial score (nSPS) is 15.5. The minimum absolute atomic E-state index is 0.0606. The van der Waals surface area contributed by atoms with E-state index in [1.807, 2.05) is 0 Å². The summed E-state index contributed by atoms with van der Waals surface area (Å²) < 4.78 is 14.0. The van der Waals surface area contributed by atoms with Gasteiger partial charge in [-0.3, -0.25) is 0 Å². The molecular weight excluding hydrogens is 887 g/mol. The van der Waals surface area contributed by atoms with Crippen LogP contribution in [0.25, 0.3) is 88.4 Å². The molecule has 0 N–H and O–H groups in total. The summed E-state index contributed by atoms with van der Waals surface area (Å²) in [5.74, 6) is 0. The molecule has 14 rings (SSSR count). The van der Waals surface area contributed by atoms with Crippen LogP contribution in [0, 0.1) is 20.8 Å². The third-order valence-corrected chi connectivity index (χ3v) is 17.6. The SMILES string of the molecule is Cc1cc(C)c(N(c2ccc3c(c2)C(C)(C)c2cc(-c4ccccc4C(C)(C)C)c4oc5ccccc5c4c2-3)c2ccc3c(c2)C(C)(C)c2c4c(c5oc6ccccc6c5c2-3)-c2ccccc2C4(C)C)c(C)c1. The van der Waals surface area contributed by atoms with Crippen molar-refractivity contribution in [2.45, 2.75) is 105 Å². The Hall–Kier alpha value is -7.62. The van der Waals surface area contributed by atoms with Crippen LogP contribution in [0.4, 0.5) is 17.1 Å². The number of rotatable bonds is 4. The van der Waals surface area contributed by atoms with E-state index < -0.39 is 0 Å². The van der Waals surface area contributed by atoms with Gasteiger partial charge in [-0.2, -0.15) is 0 Å². The Morgan fingerprint density at radius 2 is 0.904 bits per heavy atom. The van der Waals surface area contributed by atoms with Gasteiger partial charge in [-0.25, -0.2) is 0 Å². The molecule has 0 aliphatic heterocycles. The summed E-state index contributed by atoms with van der Waals surface area (Å²) in [7, 11) is 0. The first-order valence-corrected chi connectivity index (χ1v) is 26.3. The first kappa shape index (κ1) is 44.1. The van der Waals surface area contributed by atoms with Gasteiger partial charge in [-0.15, -0.1) is 0 Å². The average Bonchev–Trinajstić information content (AvgIpc) is 4.14. The standard InChI is InChI=1S/C70H61NO2/c1-38-33-39(2)64(40(3)34-38)71(41-29-31-45-52(35-41)68(7,8)54-37-49(43-21-13-17-25-50(43)67(4,5)6)65-59(57(45)54)47-23-15-19-27-55(47)72-65)42-30-32-46-53(36-42)70(11,12)62-58(46)60-48-24-16-20-28-56(48)73-66(60)61-44-22-14-18-26-51(44)69(9,10)63(61)62/h13-37H,1-12H3. The molecular formula is C70H61NO2. The van der Waals surface area contributed by atoms with Gasteiger partial charge in [-0.05, 0) is 152 Å². The fraction of sp³-hybridized carbons (Fsp3) is 0.229. The first-order chi connectivity index (χ1) is 34.9. The Kier molecular flexibility index (Phi) is 8.78. The summed E-state index contributed by atoms with van der Waals surface area (Å²) in [6.07, 6.45) is 0. The molecule has 358 valence electrons. The fourth-order valence-electron chi connectivity index (χ4n) is 14.4. The number of benzene rings is 9. The number of nitrogens with zero attached hydrogens (tertiary/aromatic N) is 1. The van der Waals surface area contributed by atoms with Crippen LogP contribution in [-0.2, 0) is 21.7 Å². The highest BCUT2D eigenvalue weighted by atomic mass is 16.3. The van der Waals surface area contributed by atoms with Crippen LogP contribution in [0.15, 0.2) is 160 Å². The van der Waals surface area contributed by atoms with Gasteiger partial charge in [0.25, 0.3) is 0 Å². The highest BCUT2D eigenvalue weighted by molar-refractivity contribution is 6.21. The summed E-state index contributed by atoms with van der Waals surface area (Å²) in [6, 6.07) is 57.0. The van der Waals surface area contributed by atoms with Crippen molar-refractivity contribution in [1.82, 2.24) is 0 Å². The molecule has 3 heteroatoms. The van der Waals surface area contributed by atoms with E-state index in [2.05, 4.69) is 240 Å². The quantitative estimate of drug-likeness (QED) is 0.176. The molecule has 0 radical (unpaired) electrons. The molecule has 0 fully saturated rings. The smallest absolute Gasteiger partial charge is 0.144 e. The third-order valence-electron chi connectivity index (χ3n) is 17.6. The molecule has 0 amide bonds. The molecule has 0 spiro atoms. The molecule has 3 aliphatic rings. The predicted octanol–water partition coefficient (Wildman–Crippen LogP) is 19.8. The molecule has 3 aliphatic carbocycles. The maximum atomic E-state index is 7.02. The first-order valence-electron chi connectivity index (χ1n) is 26.3. The topological polar surface area (TPSA) is 29.5 Å². The number of fused-ring (bicyclic) bond motifs is 19. The molecule has 2 heterocycles. The number of aryl methyl sites for hydroxylation is 3. The van der Waals surface area contributed by atoms with Crippen molar-refractivity contribution in [3.8, 4) is 44.5 Å². The Morgan fingerprint density at radius 3 is 1.55 bits per heavy atom. The molecule has 0 bridgehead atoms. The van der Waals surface area contributed by atoms with Gasteiger partial charge in [-0.1, -0.05) is 177 Å². The van der Waals surface area contributed by atoms with E-state index in [9.17, 15) is 0 Å². The zero-order chi connectivity index (χ0) is 50.4. The van der Waals surface area contributed by atoms with E-state index in [-0.39, 0.29) is 21.7 Å². The number of para-hydroxylation sites is 2. The summed E-state index contributed by atoms with van der Waals surface area (Å²) in [5.41, 5.74) is 29.7. The van der Waals surface area contributed by atoms with Crippen LogP contribution in [0.3, 0.4) is 0 Å². The van der Waals surface area contributed by atoms with Gasteiger partial charge in [0.15, 0.2) is 0 Å². The second kappa shape index (κ2) is 14.5. The second-order valence-electron chi connectivity index (χ2n) is 24.2. The molecule has 0 saturated heterocycles. The van der Waals surface area contributed by atoms with Crippen LogP contribution < -0.4 is 4.90 Å². The van der Waals surface area contributed by atoms with Crippen LogP contribution in [-0.4, -0.2) is 0 Å². The Morgan fingerprint density at radius 1 is 0.411 bits per heavy atom. The fourth-order valence-corrected chi connectivity index (χ4v) is 14.4. The molecule has 73 heavy (non-hydrogen) atoms. The van der Waals surface area contributed by atoms with Crippen molar-refractivity contribution in [2.75, 3.05) is 4.90 Å². The van der Waals surface area contributed by atoms with E-state index in [4.69, 9.17) is 8.83 Å². The van der Waals surface area contributed by atoms with Crippen molar-refractivity contribution in [1.29, 1.82) is 0 Å². The minimum Gasteiger partial charge on any atom is -0.455 e. The van der Waals surface area contributed by atoms with Gasteiger partial charge in [0.1, 0.15) is 22.3 Å². The van der Waals surface area contributed by atoms with E-state index in [1.165, 1.54) is 116 Å². The maximum Gasteiger partial charge on any atom is 0.144 e. The van der Waals surface area contributed by atoms with E-state index in [0.29, 0.717) is 0 Å². The zero-order valence-electron chi connectivity index (χ0n) is 44.2. The maximum absolute atomic E-state index is 7.02. The third kappa shape index (κ3) is 5.77. The Balaban J connectivity index is 1.00. The number of anilines is 3. The number of hydrogen-bond donors (Lipinski definition) is 0. The van der Waals surface area contributed by atoms with E-state index in [1.54, 1.807) is 0 Å². The van der Waals surface area contributed by atoms with Gasteiger partial charge >= 0.3 is 0 Å². The molecule has 0 saturated carbocycles. The second-order valence-corrected chi connectivity index (χ2v) is 24.2. The van der Waals surface area contributed by atoms with E-state index >= 15 is 0 Å². The summed E-state index contributed by atoms with van der Waals surface area (Å²) in [4.78, 5) is 2.56. The van der Waals surface area contributed by atoms with Crippen molar-refractivity contribution in [3.05, 3.63) is 207 Å². The van der Waals surface area contributed by atoms with Crippen LogP contribution in [0.2, 0.25) is 0 Å². The summed E-state index contributed by atoms with van der Waals surface area (Å²) in [6.45, 7) is 28.3. The van der Waals surface area contributed by atoms with Crippen LogP contribution >= 0.6 is 0 Å². The van der Waals surface area contributed by atoms with Crippen LogP contribution in [0.5, 0.6) is 0 Å². The minimum atomic E-state index is -0.330. The van der Waals surface area contributed by atoms with Gasteiger partial charge in [0, 0.05) is 60.3 Å². The lowest BCUT2D eigenvalue weighted by Gasteiger charge is -2.33. The van der Waals surface area contributed by atoms with Crippen molar-refractivity contribution in [2.24, 2.45) is 0 Å². The summed E-state index contributed by atoms with van der Waals surface area (Å²) in [5, 5.41) is 4.76. The monoisotopic (exact) mass is 947 g/mol. The van der Waals surface area contributed by atoms with E-state index in [0.717, 1.165) is 44.7 Å². The van der Waals surface area contributed by atoms with Gasteiger partial charge in [0.05, 0.1) is 5.69 Å². The molecule has 11 aromatic rings. The van der Waals surface area contributed by atoms with Gasteiger partial charge in [0.2, 0.25) is 0 Å². The zero-order valence-corrected chi connectivity index (χ0v) is 44.2. The molecule has 9 aromatic carbocycles. The Labute approximate surface area is 429 Å². The lowest BCUT2D eigenvalue weighted by Crippen LogP contribution is -2.24. The van der Waals surface area contributed by atoms with Crippen molar-refractivity contribution in [3.63, 3.8) is 0 Å². The van der Waals surface area contributed by atoms with Crippen LogP contribution in [0.1, 0.15) is 118 Å². The van der Waals surface area contributed by atoms with Gasteiger partial charge < -0.3 is 13.7 Å². The lowest BCUT2D eigenvalue weighted by atomic mass is 9.72. The molecule has 0 atom stereocenters. The number of furan rings is 2. The molecule has 0 unspecified atom stereocenters. The highest BCUT2D eigenvalue weighted by Gasteiger charge is 2.49. The molecule has 3 nitrogen and oxygen atoms in total. The lowest BCUT2D eigenvalue weighted by molar-refractivity contribution is 0.591. The highest BCUT2D eigenvalue weighted by Crippen LogP contribution is 2.64. The number of hydrogen-bond acceptors (Lipinski definition) is 3. The van der Waals surface area contributed by atoms with Crippen molar-refractivity contribution >= 4 is 60.9 Å². The average molecular weight is 948 g/mol.